The maximum absolute atomic E-state index is 11.9. The molecule has 1 aliphatic rings. The van der Waals surface area contributed by atoms with Crippen molar-refractivity contribution in [2.75, 3.05) is 6.61 Å². The minimum Gasteiger partial charge on any atom is -0.406 e. The number of rotatable bonds is 2. The first-order chi connectivity index (χ1) is 8.04. The Morgan fingerprint density at radius 1 is 1.12 bits per heavy atom. The third-order valence-electron chi connectivity index (χ3n) is 2.67. The van der Waals surface area contributed by atoms with Gasteiger partial charge in [-0.25, -0.2) is 0 Å². The van der Waals surface area contributed by atoms with Crippen molar-refractivity contribution in [3.05, 3.63) is 29.8 Å². The second-order valence-electron chi connectivity index (χ2n) is 3.97. The van der Waals surface area contributed by atoms with Crippen LogP contribution in [0.4, 0.5) is 13.2 Å². The van der Waals surface area contributed by atoms with E-state index in [0.717, 1.165) is 24.8 Å². The molecule has 0 aliphatic carbocycles. The number of ether oxygens (including phenoxy) is 2. The summed E-state index contributed by atoms with van der Waals surface area (Å²) in [5.74, 6) is -0.197. The van der Waals surface area contributed by atoms with Crippen molar-refractivity contribution in [2.24, 2.45) is 0 Å². The molecule has 0 bridgehead atoms. The monoisotopic (exact) mass is 246 g/mol. The van der Waals surface area contributed by atoms with Crippen LogP contribution in [-0.4, -0.2) is 13.0 Å². The van der Waals surface area contributed by atoms with Gasteiger partial charge in [-0.3, -0.25) is 0 Å². The predicted molar refractivity (Wildman–Crippen MR) is 55.7 cm³/mol. The number of hydrogen-bond acceptors (Lipinski definition) is 2. The average Bonchev–Trinajstić information content (AvgIpc) is 2.29. The number of alkyl halides is 3. The van der Waals surface area contributed by atoms with Crippen LogP contribution in [0.2, 0.25) is 0 Å². The molecule has 1 unspecified atom stereocenters. The molecule has 1 heterocycles. The van der Waals surface area contributed by atoms with Gasteiger partial charge in [0.2, 0.25) is 0 Å². The summed E-state index contributed by atoms with van der Waals surface area (Å²) in [5, 5.41) is 0. The molecule has 1 saturated heterocycles. The van der Waals surface area contributed by atoms with Crippen molar-refractivity contribution in [3.63, 3.8) is 0 Å². The highest BCUT2D eigenvalue weighted by Crippen LogP contribution is 2.30. The minimum atomic E-state index is -4.64. The van der Waals surface area contributed by atoms with E-state index < -0.39 is 6.36 Å². The Morgan fingerprint density at radius 2 is 1.82 bits per heavy atom. The molecule has 2 nitrogen and oxygen atoms in total. The molecular weight excluding hydrogens is 233 g/mol. The summed E-state index contributed by atoms with van der Waals surface area (Å²) in [7, 11) is 0. The molecule has 0 spiro atoms. The third kappa shape index (κ3) is 3.63. The van der Waals surface area contributed by atoms with E-state index in [-0.39, 0.29) is 11.9 Å². The van der Waals surface area contributed by atoms with Crippen LogP contribution in [0.5, 0.6) is 5.75 Å². The highest BCUT2D eigenvalue weighted by molar-refractivity contribution is 5.28. The van der Waals surface area contributed by atoms with Crippen molar-refractivity contribution in [1.82, 2.24) is 0 Å². The Bertz CT molecular complexity index is 353. The predicted octanol–water partition coefficient (Wildman–Crippen LogP) is 3.83. The van der Waals surface area contributed by atoms with Crippen LogP contribution in [0.1, 0.15) is 30.9 Å². The van der Waals surface area contributed by atoms with Gasteiger partial charge >= 0.3 is 6.36 Å². The van der Waals surface area contributed by atoms with Gasteiger partial charge in [-0.2, -0.15) is 0 Å². The molecule has 1 atom stereocenters. The van der Waals surface area contributed by atoms with Crippen molar-refractivity contribution < 1.29 is 22.6 Å². The van der Waals surface area contributed by atoms with E-state index in [9.17, 15) is 13.2 Å². The number of hydrogen-bond donors (Lipinski definition) is 0. The van der Waals surface area contributed by atoms with E-state index in [0.29, 0.717) is 6.61 Å². The quantitative estimate of drug-likeness (QED) is 0.789. The van der Waals surface area contributed by atoms with Gasteiger partial charge in [-0.15, -0.1) is 13.2 Å². The molecular formula is C12H13F3O2. The Hall–Kier alpha value is -1.23. The topological polar surface area (TPSA) is 18.5 Å². The fourth-order valence-electron chi connectivity index (χ4n) is 1.89. The second-order valence-corrected chi connectivity index (χ2v) is 3.97. The minimum absolute atomic E-state index is 0.00341. The molecule has 1 aliphatic heterocycles. The zero-order valence-electron chi connectivity index (χ0n) is 9.17. The van der Waals surface area contributed by atoms with Crippen molar-refractivity contribution in [2.45, 2.75) is 31.7 Å². The first-order valence-electron chi connectivity index (χ1n) is 5.52. The maximum atomic E-state index is 11.9. The van der Waals surface area contributed by atoms with Crippen molar-refractivity contribution >= 4 is 0 Å². The molecule has 0 N–H and O–H groups in total. The maximum Gasteiger partial charge on any atom is 0.573 e. The Labute approximate surface area is 97.3 Å². The Morgan fingerprint density at radius 3 is 2.35 bits per heavy atom. The Balaban J connectivity index is 2.02. The number of halogens is 3. The molecule has 94 valence electrons. The van der Waals surface area contributed by atoms with Crippen LogP contribution in [-0.2, 0) is 4.74 Å². The largest absolute Gasteiger partial charge is 0.573 e. The summed E-state index contributed by atoms with van der Waals surface area (Å²) in [6.07, 6.45) is -1.58. The van der Waals surface area contributed by atoms with Gasteiger partial charge in [0.25, 0.3) is 0 Å². The first kappa shape index (κ1) is 12.2. The van der Waals surface area contributed by atoms with E-state index in [1.807, 2.05) is 0 Å². The molecule has 5 heteroatoms. The highest BCUT2D eigenvalue weighted by Gasteiger charge is 2.31. The van der Waals surface area contributed by atoms with Crippen LogP contribution in [0.25, 0.3) is 0 Å². The van der Waals surface area contributed by atoms with Gasteiger partial charge < -0.3 is 9.47 Å². The second kappa shape index (κ2) is 4.96. The molecule has 1 fully saturated rings. The molecule has 0 amide bonds. The molecule has 1 aromatic carbocycles. The molecule has 0 radical (unpaired) electrons. The van der Waals surface area contributed by atoms with Crippen LogP contribution in [0.15, 0.2) is 24.3 Å². The summed E-state index contributed by atoms with van der Waals surface area (Å²) >= 11 is 0. The fraction of sp³-hybridized carbons (Fsp3) is 0.500. The van der Waals surface area contributed by atoms with Crippen molar-refractivity contribution in [3.8, 4) is 5.75 Å². The first-order valence-corrected chi connectivity index (χ1v) is 5.52. The third-order valence-corrected chi connectivity index (χ3v) is 2.67. The van der Waals surface area contributed by atoms with E-state index in [4.69, 9.17) is 4.74 Å². The van der Waals surface area contributed by atoms with Gasteiger partial charge in [-0.05, 0) is 37.0 Å². The lowest BCUT2D eigenvalue weighted by Crippen LogP contribution is -2.17. The molecule has 17 heavy (non-hydrogen) atoms. The summed E-state index contributed by atoms with van der Waals surface area (Å²) in [4.78, 5) is 0. The highest BCUT2D eigenvalue weighted by atomic mass is 19.4. The Kier molecular flexibility index (Phi) is 3.57. The van der Waals surface area contributed by atoms with Gasteiger partial charge in [-0.1, -0.05) is 12.1 Å². The van der Waals surface area contributed by atoms with E-state index in [2.05, 4.69) is 4.74 Å². The van der Waals surface area contributed by atoms with E-state index in [1.165, 1.54) is 12.1 Å². The summed E-state index contributed by atoms with van der Waals surface area (Å²) in [5.41, 5.74) is 0.902. The summed E-state index contributed by atoms with van der Waals surface area (Å²) in [6, 6.07) is 5.88. The zero-order chi connectivity index (χ0) is 12.3. The lowest BCUT2D eigenvalue weighted by atomic mass is 10.0. The molecule has 0 aromatic heterocycles. The number of benzene rings is 1. The van der Waals surface area contributed by atoms with Crippen LogP contribution in [0.3, 0.4) is 0 Å². The lowest BCUT2D eigenvalue weighted by molar-refractivity contribution is -0.274. The van der Waals surface area contributed by atoms with Gasteiger partial charge in [0.1, 0.15) is 5.75 Å². The van der Waals surface area contributed by atoms with Crippen molar-refractivity contribution in [1.29, 1.82) is 0 Å². The zero-order valence-corrected chi connectivity index (χ0v) is 9.17. The van der Waals surface area contributed by atoms with Crippen LogP contribution < -0.4 is 4.74 Å². The normalized spacial score (nSPS) is 21.2. The van der Waals surface area contributed by atoms with Gasteiger partial charge in [0.15, 0.2) is 0 Å². The van der Waals surface area contributed by atoms with E-state index in [1.54, 1.807) is 12.1 Å². The fourth-order valence-corrected chi connectivity index (χ4v) is 1.89. The molecule has 0 saturated carbocycles. The van der Waals surface area contributed by atoms with E-state index >= 15 is 0 Å². The summed E-state index contributed by atoms with van der Waals surface area (Å²) in [6.45, 7) is 0.714. The van der Waals surface area contributed by atoms with Crippen LogP contribution >= 0.6 is 0 Å². The standard InChI is InChI=1S/C12H13F3O2/c13-12(14,15)17-10-6-4-9(5-7-10)11-3-1-2-8-16-11/h4-7,11H,1-3,8H2. The van der Waals surface area contributed by atoms with Crippen LogP contribution in [0, 0.1) is 0 Å². The molecule has 2 rings (SSSR count). The SMILES string of the molecule is FC(F)(F)Oc1ccc(C2CCCCO2)cc1. The summed E-state index contributed by atoms with van der Waals surface area (Å²) < 4.78 is 45.2. The van der Waals surface area contributed by atoms with Gasteiger partial charge in [0, 0.05) is 6.61 Å². The average molecular weight is 246 g/mol. The smallest absolute Gasteiger partial charge is 0.406 e. The van der Waals surface area contributed by atoms with Gasteiger partial charge in [0.05, 0.1) is 6.10 Å². The lowest BCUT2D eigenvalue weighted by Gasteiger charge is -2.23. The molecule has 1 aromatic rings.